The summed E-state index contributed by atoms with van der Waals surface area (Å²) in [6.07, 6.45) is 2.74. The molecule has 0 fully saturated rings. The molecule has 0 radical (unpaired) electrons. The normalized spacial score (nSPS) is 12.1. The molecule has 0 saturated carbocycles. The summed E-state index contributed by atoms with van der Waals surface area (Å²) in [6, 6.07) is 33.6. The Morgan fingerprint density at radius 3 is 1.13 bits per heavy atom. The molecular weight excluding hydrogens is 829 g/mol. The fourth-order valence-corrected chi connectivity index (χ4v) is 10.2. The summed E-state index contributed by atoms with van der Waals surface area (Å²) in [6.45, 7) is 33.4. The first-order valence-corrected chi connectivity index (χ1v) is 25.7. The number of hydrogen-bond donors (Lipinski definition) is 2. The second-order valence-corrected chi connectivity index (χ2v) is 22.1. The minimum Gasteiger partial charge on any atom is -0.507 e. The Morgan fingerprint density at radius 1 is 0.412 bits per heavy atom. The standard InChI is InChI=1S/C64H84N2O2/c1-38(2)48-34-50(40(5)6)60(51(35-48)41(7)8)58-29-44(13)27-56(63(58)67)54-32-47(31-46-23-19-18-20-24-46)33-55(62(54)66(17)26-22-21-25-65(15)16)57-28-45(14)30-59(64(57)68)61-52(42(9)10)36-49(39(3)4)37-53(61)43(11)12/h18-20,23-24,27-30,32-43,67-68H,21-22,25-26,31H2,1-17H3. The molecule has 0 aromatic heterocycles. The van der Waals surface area contributed by atoms with E-state index in [0.717, 1.165) is 92.8 Å². The van der Waals surface area contributed by atoms with Crippen LogP contribution >= 0.6 is 0 Å². The van der Waals surface area contributed by atoms with Crippen molar-refractivity contribution in [3.63, 3.8) is 0 Å². The number of anilines is 1. The molecule has 0 heterocycles. The van der Waals surface area contributed by atoms with Crippen molar-refractivity contribution in [3.8, 4) is 56.0 Å². The van der Waals surface area contributed by atoms with Gasteiger partial charge in [0.2, 0.25) is 0 Å². The van der Waals surface area contributed by atoms with Crippen LogP contribution < -0.4 is 4.90 Å². The van der Waals surface area contributed by atoms with E-state index >= 15 is 0 Å². The van der Waals surface area contributed by atoms with Crippen molar-refractivity contribution in [2.45, 2.75) is 152 Å². The van der Waals surface area contributed by atoms with Gasteiger partial charge in [0.25, 0.3) is 0 Å². The number of aromatic hydroxyl groups is 2. The molecule has 2 N–H and O–H groups in total. The van der Waals surface area contributed by atoms with Gasteiger partial charge in [-0.2, -0.15) is 0 Å². The summed E-state index contributed by atoms with van der Waals surface area (Å²) in [5.74, 6) is 2.36. The van der Waals surface area contributed by atoms with Gasteiger partial charge < -0.3 is 20.0 Å². The average Bonchev–Trinajstić information content (AvgIpc) is 3.27. The summed E-state index contributed by atoms with van der Waals surface area (Å²) in [5.41, 5.74) is 20.9. The summed E-state index contributed by atoms with van der Waals surface area (Å²) in [7, 11) is 6.48. The van der Waals surface area contributed by atoms with Crippen LogP contribution in [0.4, 0.5) is 5.69 Å². The Kier molecular flexibility index (Phi) is 16.8. The Balaban J connectivity index is 1.76. The van der Waals surface area contributed by atoms with Gasteiger partial charge in [-0.1, -0.05) is 138 Å². The van der Waals surface area contributed by atoms with Crippen molar-refractivity contribution in [2.75, 3.05) is 39.1 Å². The molecule has 4 nitrogen and oxygen atoms in total. The number of aryl methyl sites for hydroxylation is 2. The highest BCUT2D eigenvalue weighted by Crippen LogP contribution is 2.53. The van der Waals surface area contributed by atoms with Gasteiger partial charge in [0.1, 0.15) is 11.5 Å². The van der Waals surface area contributed by atoms with E-state index in [-0.39, 0.29) is 23.7 Å². The van der Waals surface area contributed by atoms with Crippen LogP contribution in [-0.4, -0.2) is 49.3 Å². The molecule has 4 heteroatoms. The lowest BCUT2D eigenvalue weighted by molar-refractivity contribution is 0.395. The third kappa shape index (κ3) is 11.4. The maximum atomic E-state index is 13.2. The smallest absolute Gasteiger partial charge is 0.131 e. The molecule has 0 amide bonds. The monoisotopic (exact) mass is 913 g/mol. The predicted octanol–water partition coefficient (Wildman–Crippen LogP) is 17.5. The van der Waals surface area contributed by atoms with Crippen molar-refractivity contribution in [3.05, 3.63) is 147 Å². The van der Waals surface area contributed by atoms with E-state index in [9.17, 15) is 10.2 Å². The van der Waals surface area contributed by atoms with Gasteiger partial charge in [0.05, 0.1) is 5.69 Å². The van der Waals surface area contributed by atoms with E-state index in [1.54, 1.807) is 0 Å². The zero-order valence-electron chi connectivity index (χ0n) is 44.9. The zero-order chi connectivity index (χ0) is 49.9. The lowest BCUT2D eigenvalue weighted by atomic mass is 9.79. The van der Waals surface area contributed by atoms with Crippen LogP contribution in [0.25, 0.3) is 44.5 Å². The van der Waals surface area contributed by atoms with Gasteiger partial charge in [-0.25, -0.2) is 0 Å². The molecule has 0 aliphatic rings. The third-order valence-electron chi connectivity index (χ3n) is 14.0. The molecule has 0 aliphatic carbocycles. The number of phenolic OH excluding ortho intramolecular Hbond substituents is 2. The van der Waals surface area contributed by atoms with Crippen LogP contribution in [0.2, 0.25) is 0 Å². The molecular formula is C64H84N2O2. The minimum atomic E-state index is 0.252. The van der Waals surface area contributed by atoms with Crippen molar-refractivity contribution < 1.29 is 10.2 Å². The molecule has 6 rings (SSSR count). The highest BCUT2D eigenvalue weighted by molar-refractivity contribution is 5.99. The molecule has 0 aliphatic heterocycles. The van der Waals surface area contributed by atoms with Gasteiger partial charge in [-0.05, 0) is 192 Å². The van der Waals surface area contributed by atoms with Gasteiger partial charge in [0, 0.05) is 47.0 Å². The van der Waals surface area contributed by atoms with Crippen LogP contribution in [0.5, 0.6) is 11.5 Å². The summed E-state index contributed by atoms with van der Waals surface area (Å²) in [5, 5.41) is 26.4. The molecule has 68 heavy (non-hydrogen) atoms. The second-order valence-electron chi connectivity index (χ2n) is 22.1. The van der Waals surface area contributed by atoms with Gasteiger partial charge in [0.15, 0.2) is 0 Å². The van der Waals surface area contributed by atoms with Crippen molar-refractivity contribution >= 4 is 5.69 Å². The summed E-state index contributed by atoms with van der Waals surface area (Å²) < 4.78 is 0. The van der Waals surface area contributed by atoms with Gasteiger partial charge in [-0.3, -0.25) is 0 Å². The van der Waals surface area contributed by atoms with Crippen LogP contribution in [0, 0.1) is 13.8 Å². The van der Waals surface area contributed by atoms with Gasteiger partial charge >= 0.3 is 0 Å². The topological polar surface area (TPSA) is 46.9 Å². The van der Waals surface area contributed by atoms with E-state index in [1.807, 2.05) is 0 Å². The maximum absolute atomic E-state index is 13.2. The summed E-state index contributed by atoms with van der Waals surface area (Å²) in [4.78, 5) is 4.64. The number of nitrogens with zero attached hydrogens (tertiary/aromatic N) is 2. The van der Waals surface area contributed by atoms with Crippen LogP contribution in [0.3, 0.4) is 0 Å². The van der Waals surface area contributed by atoms with Gasteiger partial charge in [-0.15, -0.1) is 0 Å². The van der Waals surface area contributed by atoms with Crippen LogP contribution in [0.15, 0.2) is 91.0 Å². The minimum absolute atomic E-state index is 0.252. The van der Waals surface area contributed by atoms with Crippen LogP contribution in [0.1, 0.15) is 187 Å². The molecule has 0 unspecified atom stereocenters. The molecule has 0 saturated heterocycles. The average molecular weight is 913 g/mol. The summed E-state index contributed by atoms with van der Waals surface area (Å²) >= 11 is 0. The first kappa shape index (κ1) is 52.1. The SMILES string of the molecule is Cc1cc(-c2cc(Cc3ccccc3)cc(-c3cc(C)cc(-c4c(C(C)C)cc(C(C)C)cc4C(C)C)c3O)c2N(C)CCCCN(C)C)c(O)c(-c2c(C(C)C)cc(C(C)C)cc2C(C)C)c1. The Bertz CT molecular complexity index is 2490. The van der Waals surface area contributed by atoms with E-state index in [2.05, 4.69) is 219 Å². The number of hydrogen-bond acceptors (Lipinski definition) is 4. The zero-order valence-corrected chi connectivity index (χ0v) is 44.9. The predicted molar refractivity (Wildman–Crippen MR) is 296 cm³/mol. The molecule has 362 valence electrons. The largest absolute Gasteiger partial charge is 0.507 e. The van der Waals surface area contributed by atoms with E-state index in [4.69, 9.17) is 0 Å². The Hall–Kier alpha value is -5.32. The fraction of sp³-hybridized carbons (Fsp3) is 0.438. The Morgan fingerprint density at radius 2 is 0.779 bits per heavy atom. The lowest BCUT2D eigenvalue weighted by Gasteiger charge is -2.30. The second kappa shape index (κ2) is 22.0. The number of phenols is 2. The first-order valence-electron chi connectivity index (χ1n) is 25.7. The van der Waals surface area contributed by atoms with Crippen LogP contribution in [-0.2, 0) is 6.42 Å². The molecule has 0 spiro atoms. The first-order chi connectivity index (χ1) is 32.1. The molecule has 6 aromatic rings. The van der Waals surface area contributed by atoms with E-state index < -0.39 is 0 Å². The molecule has 0 bridgehead atoms. The fourth-order valence-electron chi connectivity index (χ4n) is 10.2. The molecule has 6 aromatic carbocycles. The lowest BCUT2D eigenvalue weighted by Crippen LogP contribution is -2.22. The highest BCUT2D eigenvalue weighted by Gasteiger charge is 2.29. The maximum Gasteiger partial charge on any atom is 0.131 e. The number of rotatable bonds is 18. The molecule has 0 atom stereocenters. The number of unbranched alkanes of at least 4 members (excludes halogenated alkanes) is 1. The van der Waals surface area contributed by atoms with Crippen molar-refractivity contribution in [2.24, 2.45) is 0 Å². The highest BCUT2D eigenvalue weighted by atomic mass is 16.3. The number of benzene rings is 6. The van der Waals surface area contributed by atoms with Crippen molar-refractivity contribution in [1.82, 2.24) is 4.90 Å². The van der Waals surface area contributed by atoms with E-state index in [0.29, 0.717) is 29.8 Å². The quantitative estimate of drug-likeness (QED) is 0.0844. The van der Waals surface area contributed by atoms with E-state index in [1.165, 1.54) is 38.9 Å². The Labute approximate surface area is 412 Å². The van der Waals surface area contributed by atoms with Crippen molar-refractivity contribution in [1.29, 1.82) is 0 Å². The third-order valence-corrected chi connectivity index (χ3v) is 14.0.